The Morgan fingerprint density at radius 1 is 1.27 bits per heavy atom. The number of hydrogen-bond donors (Lipinski definition) is 0. The number of methoxy groups -OCH3 is 1. The molecule has 1 atom stereocenters. The number of pyridine rings is 1. The summed E-state index contributed by atoms with van der Waals surface area (Å²) in [5.41, 5.74) is 2.70. The quantitative estimate of drug-likeness (QED) is 0.620. The Morgan fingerprint density at radius 2 is 2.10 bits per heavy atom. The third-order valence-electron chi connectivity index (χ3n) is 5.61. The van der Waals surface area contributed by atoms with Gasteiger partial charge in [0, 0.05) is 61.2 Å². The zero-order chi connectivity index (χ0) is 19.5. The van der Waals surface area contributed by atoms with E-state index in [1.807, 2.05) is 35.4 Å². The Bertz CT molecular complexity index is 950. The lowest BCUT2D eigenvalue weighted by Crippen LogP contribution is -2.52. The van der Waals surface area contributed by atoms with Gasteiger partial charge in [0.05, 0.1) is 15.3 Å². The lowest BCUT2D eigenvalue weighted by atomic mass is 10.1. The van der Waals surface area contributed by atoms with Gasteiger partial charge >= 0.3 is 0 Å². The summed E-state index contributed by atoms with van der Waals surface area (Å²) in [6.45, 7) is 6.19. The number of fused-ring (bicyclic) bond motifs is 2. The third kappa shape index (κ3) is 5.34. The normalized spacial score (nSPS) is 18.4. The van der Waals surface area contributed by atoms with Gasteiger partial charge in [-0.25, -0.2) is 0 Å². The molecule has 4 heterocycles. The number of halogens is 2. The largest absolute Gasteiger partial charge is 0.385 e. The second-order valence-corrected chi connectivity index (χ2v) is 9.83. The van der Waals surface area contributed by atoms with E-state index in [2.05, 4.69) is 41.3 Å². The van der Waals surface area contributed by atoms with Crippen molar-refractivity contribution in [3.05, 3.63) is 45.4 Å². The van der Waals surface area contributed by atoms with Crippen LogP contribution < -0.4 is 10.6 Å². The van der Waals surface area contributed by atoms with E-state index in [0.29, 0.717) is 6.04 Å². The van der Waals surface area contributed by atoms with Crippen LogP contribution in [0, 0.1) is 0 Å². The van der Waals surface area contributed by atoms with Crippen molar-refractivity contribution in [1.82, 2.24) is 14.8 Å². The number of aryl methyl sites for hydroxylation is 1. The minimum absolute atomic E-state index is 0. The summed E-state index contributed by atoms with van der Waals surface area (Å²) < 4.78 is 6.77. The van der Waals surface area contributed by atoms with Gasteiger partial charge in [-0.15, -0.1) is 36.2 Å². The van der Waals surface area contributed by atoms with Crippen molar-refractivity contribution in [3.63, 3.8) is 0 Å². The summed E-state index contributed by atoms with van der Waals surface area (Å²) >= 11 is 3.81. The maximum Gasteiger partial charge on any atom is 0.0947 e. The van der Waals surface area contributed by atoms with Gasteiger partial charge in [0.15, 0.2) is 0 Å². The van der Waals surface area contributed by atoms with Crippen molar-refractivity contribution in [1.29, 1.82) is 0 Å². The van der Waals surface area contributed by atoms with Gasteiger partial charge in [-0.05, 0) is 37.4 Å². The van der Waals surface area contributed by atoms with Crippen LogP contribution in [0.2, 0.25) is 0 Å². The first kappa shape index (κ1) is 25.5. The monoisotopic (exact) mass is 487 g/mol. The molecule has 1 saturated heterocycles. The first-order valence-electron chi connectivity index (χ1n) is 10.1. The number of piperazine rings is 1. The molecule has 166 valence electrons. The molecule has 2 aromatic heterocycles. The van der Waals surface area contributed by atoms with Crippen molar-refractivity contribution < 1.29 is 4.74 Å². The molecule has 2 aliphatic heterocycles. The number of rotatable bonds is 6. The highest BCUT2D eigenvalue weighted by molar-refractivity contribution is 8.08. The molecular formula is C22H31Cl2N3OS2. The number of aromatic nitrogens is 1. The van der Waals surface area contributed by atoms with E-state index in [0.717, 1.165) is 44.4 Å². The molecular weight excluding hydrogens is 457 g/mol. The summed E-state index contributed by atoms with van der Waals surface area (Å²) in [6, 6.07) is 7.16. The van der Waals surface area contributed by atoms with Crippen LogP contribution in [-0.2, 0) is 11.2 Å². The molecule has 1 fully saturated rings. The molecule has 0 spiro atoms. The average molecular weight is 489 g/mol. The predicted molar refractivity (Wildman–Crippen MR) is 134 cm³/mol. The van der Waals surface area contributed by atoms with E-state index < -0.39 is 0 Å². The minimum atomic E-state index is 0. The molecule has 0 aromatic carbocycles. The van der Waals surface area contributed by atoms with Crippen LogP contribution in [0.1, 0.15) is 30.2 Å². The van der Waals surface area contributed by atoms with Crippen LogP contribution in [-0.4, -0.2) is 61.2 Å². The molecule has 0 aliphatic carbocycles. The van der Waals surface area contributed by atoms with Crippen LogP contribution in [0.3, 0.4) is 0 Å². The van der Waals surface area contributed by atoms with Gasteiger partial charge in [-0.1, -0.05) is 31.2 Å². The van der Waals surface area contributed by atoms with Crippen molar-refractivity contribution in [2.24, 2.45) is 0 Å². The standard InChI is InChI=1S/C22H29N3OS2.2ClH/c1-4-6-18-13-19-21(25-11-10-24(2)17(14-25)8-12-26-3)20-16(7-5-9-23-20)15-27-22(19)28-18;;/h5,7,9,13,15,17H,4,6,8,10-12,14H2,1-3H3;2*1H. The molecule has 2 aliphatic rings. The second-order valence-electron chi connectivity index (χ2n) is 7.55. The topological polar surface area (TPSA) is 28.6 Å². The van der Waals surface area contributed by atoms with Crippen molar-refractivity contribution >= 4 is 59.0 Å². The van der Waals surface area contributed by atoms with Crippen molar-refractivity contribution in [2.75, 3.05) is 40.4 Å². The number of thioether (sulfide) groups is 1. The Hall–Kier alpha value is -0.760. The molecule has 30 heavy (non-hydrogen) atoms. The van der Waals surface area contributed by atoms with E-state index >= 15 is 0 Å². The smallest absolute Gasteiger partial charge is 0.0947 e. The number of ether oxygens (including phenoxy) is 1. The molecule has 2 aromatic rings. The van der Waals surface area contributed by atoms with Gasteiger partial charge in [0.1, 0.15) is 0 Å². The predicted octanol–water partition coefficient (Wildman–Crippen LogP) is 3.59. The average Bonchev–Trinajstić information content (AvgIpc) is 3.03. The molecule has 0 N–H and O–H groups in total. The summed E-state index contributed by atoms with van der Waals surface area (Å²) in [7, 11) is 4.03. The maximum atomic E-state index is 5.37. The van der Waals surface area contributed by atoms with Crippen molar-refractivity contribution in [2.45, 2.75) is 36.4 Å². The van der Waals surface area contributed by atoms with Crippen LogP contribution in [0.5, 0.6) is 0 Å². The van der Waals surface area contributed by atoms with E-state index in [4.69, 9.17) is 9.72 Å². The van der Waals surface area contributed by atoms with Crippen molar-refractivity contribution in [3.8, 4) is 0 Å². The Morgan fingerprint density at radius 3 is 2.87 bits per heavy atom. The summed E-state index contributed by atoms with van der Waals surface area (Å²) in [5, 5.41) is 4.64. The Kier molecular flexibility index (Phi) is 9.98. The molecule has 8 heteroatoms. The Balaban J connectivity index is 0.00000160. The van der Waals surface area contributed by atoms with E-state index in [9.17, 15) is 0 Å². The fourth-order valence-electron chi connectivity index (χ4n) is 4.04. The van der Waals surface area contributed by atoms with Gasteiger partial charge < -0.3 is 9.64 Å². The lowest BCUT2D eigenvalue weighted by molar-refractivity contribution is 0.0959. The maximum absolute atomic E-state index is 5.37. The minimum Gasteiger partial charge on any atom is -0.385 e. The zero-order valence-corrected chi connectivity index (χ0v) is 21.1. The van der Waals surface area contributed by atoms with E-state index in [1.54, 1.807) is 7.11 Å². The Labute approximate surface area is 200 Å². The summed E-state index contributed by atoms with van der Waals surface area (Å²) in [5.74, 6) is 0. The number of thiophene rings is 1. The van der Waals surface area contributed by atoms with Crippen LogP contribution in [0.25, 0.3) is 11.1 Å². The fraction of sp³-hybridized carbons (Fsp3) is 0.500. The van der Waals surface area contributed by atoms with Gasteiger partial charge in [-0.3, -0.25) is 9.88 Å². The summed E-state index contributed by atoms with van der Waals surface area (Å²) in [4.78, 5) is 11.4. The number of hydrogen-bond acceptors (Lipinski definition) is 6. The van der Waals surface area contributed by atoms with E-state index in [-0.39, 0.29) is 24.8 Å². The van der Waals surface area contributed by atoms with Gasteiger partial charge in [0.2, 0.25) is 0 Å². The van der Waals surface area contributed by atoms with Crippen LogP contribution >= 0.6 is 47.9 Å². The second kappa shape index (κ2) is 11.7. The molecule has 0 amide bonds. The third-order valence-corrected chi connectivity index (χ3v) is 7.94. The lowest BCUT2D eigenvalue weighted by Gasteiger charge is -2.41. The van der Waals surface area contributed by atoms with Crippen LogP contribution in [0.15, 0.2) is 28.6 Å². The zero-order valence-electron chi connectivity index (χ0n) is 17.8. The highest BCUT2D eigenvalue weighted by atomic mass is 35.5. The molecule has 0 bridgehead atoms. The summed E-state index contributed by atoms with van der Waals surface area (Å²) in [6.07, 6.45) is 5.33. The first-order valence-corrected chi connectivity index (χ1v) is 11.8. The number of nitrogens with zero attached hydrogens (tertiary/aromatic N) is 3. The van der Waals surface area contributed by atoms with Gasteiger partial charge in [-0.2, -0.15) is 0 Å². The molecule has 0 saturated carbocycles. The SMILES string of the molecule is CCCc1cc2c(s1)SC=c1cccnc1=C2N1CCN(C)C(CCOC)C1.Cl.Cl. The number of likely N-dealkylation sites (N-methyl/N-ethyl adjacent to an activating group) is 1. The van der Waals surface area contributed by atoms with E-state index in [1.165, 1.54) is 32.0 Å². The molecule has 4 nitrogen and oxygen atoms in total. The highest BCUT2D eigenvalue weighted by Gasteiger charge is 2.29. The highest BCUT2D eigenvalue weighted by Crippen LogP contribution is 2.39. The fourth-order valence-corrected chi connectivity index (χ4v) is 6.39. The molecule has 1 unspecified atom stereocenters. The first-order chi connectivity index (χ1) is 13.7. The van der Waals surface area contributed by atoms with Crippen LogP contribution in [0.4, 0.5) is 0 Å². The molecule has 4 rings (SSSR count). The van der Waals surface area contributed by atoms with Gasteiger partial charge in [0.25, 0.3) is 0 Å². The molecule has 0 radical (unpaired) electrons.